The van der Waals surface area contributed by atoms with Gasteiger partial charge in [0.25, 0.3) is 0 Å². The van der Waals surface area contributed by atoms with E-state index in [0.29, 0.717) is 25.7 Å². The van der Waals surface area contributed by atoms with Crippen LogP contribution in [0.5, 0.6) is 0 Å². The Morgan fingerprint density at radius 1 is 1.33 bits per heavy atom. The third kappa shape index (κ3) is 2.27. The fourth-order valence-electron chi connectivity index (χ4n) is 2.90. The van der Waals surface area contributed by atoms with Crippen molar-refractivity contribution in [3.05, 3.63) is 35.4 Å². The van der Waals surface area contributed by atoms with Gasteiger partial charge in [0.2, 0.25) is 0 Å². The van der Waals surface area contributed by atoms with E-state index < -0.39 is 17.0 Å². The molecule has 0 spiro atoms. The molecule has 3 nitrogen and oxygen atoms in total. The number of carboxylic acids is 1. The second-order valence-electron chi connectivity index (χ2n) is 5.74. The number of carboxylic acid groups (broad SMARTS) is 1. The molecule has 0 fully saturated rings. The van der Waals surface area contributed by atoms with E-state index in [-0.39, 0.29) is 0 Å². The van der Waals surface area contributed by atoms with E-state index in [9.17, 15) is 15.0 Å². The molecule has 2 N–H and O–H groups in total. The number of fused-ring (bicyclic) bond motifs is 1. The van der Waals surface area contributed by atoms with E-state index >= 15 is 0 Å². The van der Waals surface area contributed by atoms with E-state index in [0.717, 1.165) is 11.1 Å². The van der Waals surface area contributed by atoms with Crippen LogP contribution in [-0.4, -0.2) is 21.8 Å². The van der Waals surface area contributed by atoms with E-state index in [4.69, 9.17) is 0 Å². The predicted molar refractivity (Wildman–Crippen MR) is 69.5 cm³/mol. The first kappa shape index (κ1) is 13.1. The summed E-state index contributed by atoms with van der Waals surface area (Å²) >= 11 is 0. The molecule has 18 heavy (non-hydrogen) atoms. The monoisotopic (exact) mass is 248 g/mol. The number of carbonyl (C=O) groups is 1. The maximum absolute atomic E-state index is 11.7. The van der Waals surface area contributed by atoms with Crippen molar-refractivity contribution < 1.29 is 15.0 Å². The van der Waals surface area contributed by atoms with E-state index in [1.165, 1.54) is 0 Å². The predicted octanol–water partition coefficient (Wildman–Crippen LogP) is 2.41. The van der Waals surface area contributed by atoms with Crippen molar-refractivity contribution in [1.29, 1.82) is 0 Å². The van der Waals surface area contributed by atoms with Crippen LogP contribution in [0.1, 0.15) is 37.8 Å². The molecule has 2 rings (SSSR count). The summed E-state index contributed by atoms with van der Waals surface area (Å²) in [6.45, 7) is 3.61. The van der Waals surface area contributed by atoms with Crippen LogP contribution in [0.15, 0.2) is 24.3 Å². The summed E-state index contributed by atoms with van der Waals surface area (Å²) in [6, 6.07) is 7.85. The smallest absolute Gasteiger partial charge is 0.310 e. The van der Waals surface area contributed by atoms with Crippen molar-refractivity contribution in [2.24, 2.45) is 5.41 Å². The standard InChI is InChI=1S/C15H20O3/c1-3-14(2,18)10-15(13(16)17)8-11-6-4-5-7-12(11)9-15/h4-7,18H,3,8-10H2,1-2H3,(H,16,17). The second kappa shape index (κ2) is 4.39. The molecule has 0 aromatic heterocycles. The van der Waals surface area contributed by atoms with Crippen LogP contribution in [0.2, 0.25) is 0 Å². The molecule has 1 aromatic rings. The van der Waals surface area contributed by atoms with Gasteiger partial charge in [-0.1, -0.05) is 31.2 Å². The Morgan fingerprint density at radius 3 is 2.22 bits per heavy atom. The van der Waals surface area contributed by atoms with Crippen LogP contribution in [0, 0.1) is 5.41 Å². The number of hydrogen-bond acceptors (Lipinski definition) is 2. The lowest BCUT2D eigenvalue weighted by atomic mass is 9.74. The zero-order valence-electron chi connectivity index (χ0n) is 10.9. The van der Waals surface area contributed by atoms with Gasteiger partial charge in [-0.2, -0.15) is 0 Å². The summed E-state index contributed by atoms with van der Waals surface area (Å²) in [5.41, 5.74) is 0.447. The summed E-state index contributed by atoms with van der Waals surface area (Å²) in [5, 5.41) is 19.8. The zero-order valence-corrected chi connectivity index (χ0v) is 10.9. The van der Waals surface area contributed by atoms with Crippen molar-refractivity contribution in [3.8, 4) is 0 Å². The summed E-state index contributed by atoms with van der Waals surface area (Å²) in [5.74, 6) is -0.799. The van der Waals surface area contributed by atoms with Crippen LogP contribution < -0.4 is 0 Å². The lowest BCUT2D eigenvalue weighted by Gasteiger charge is -2.32. The number of aliphatic hydroxyl groups is 1. The van der Waals surface area contributed by atoms with Crippen molar-refractivity contribution in [1.82, 2.24) is 0 Å². The highest BCUT2D eigenvalue weighted by Gasteiger charge is 2.47. The van der Waals surface area contributed by atoms with Gasteiger partial charge in [-0.3, -0.25) is 4.79 Å². The minimum Gasteiger partial charge on any atom is -0.481 e. The van der Waals surface area contributed by atoms with Crippen LogP contribution in [-0.2, 0) is 17.6 Å². The molecular weight excluding hydrogens is 228 g/mol. The molecule has 0 saturated heterocycles. The van der Waals surface area contributed by atoms with Gasteiger partial charge in [-0.15, -0.1) is 0 Å². The van der Waals surface area contributed by atoms with Gasteiger partial charge in [-0.25, -0.2) is 0 Å². The van der Waals surface area contributed by atoms with Crippen molar-refractivity contribution in [3.63, 3.8) is 0 Å². The zero-order chi connectivity index (χ0) is 13.4. The summed E-state index contributed by atoms with van der Waals surface area (Å²) < 4.78 is 0. The average Bonchev–Trinajstić information content (AvgIpc) is 2.67. The molecule has 1 unspecified atom stereocenters. The molecule has 1 aliphatic rings. The Morgan fingerprint density at radius 2 is 1.83 bits per heavy atom. The Hall–Kier alpha value is -1.35. The molecule has 1 aliphatic carbocycles. The van der Waals surface area contributed by atoms with Gasteiger partial charge in [-0.05, 0) is 43.7 Å². The molecule has 0 amide bonds. The third-order valence-electron chi connectivity index (χ3n) is 4.11. The Labute approximate surface area is 107 Å². The fourth-order valence-corrected chi connectivity index (χ4v) is 2.90. The lowest BCUT2D eigenvalue weighted by Crippen LogP contribution is -2.40. The molecule has 0 saturated carbocycles. The molecule has 3 heteroatoms. The van der Waals surface area contributed by atoms with E-state index in [2.05, 4.69) is 0 Å². The number of hydrogen-bond donors (Lipinski definition) is 2. The van der Waals surface area contributed by atoms with E-state index in [1.54, 1.807) is 6.92 Å². The van der Waals surface area contributed by atoms with Crippen LogP contribution in [0.4, 0.5) is 0 Å². The van der Waals surface area contributed by atoms with Gasteiger partial charge in [0, 0.05) is 0 Å². The van der Waals surface area contributed by atoms with Crippen LogP contribution in [0.25, 0.3) is 0 Å². The van der Waals surface area contributed by atoms with Gasteiger partial charge in [0.1, 0.15) is 0 Å². The second-order valence-corrected chi connectivity index (χ2v) is 5.74. The highest BCUT2D eigenvalue weighted by molar-refractivity contribution is 5.77. The van der Waals surface area contributed by atoms with Gasteiger partial charge in [0.05, 0.1) is 11.0 Å². The van der Waals surface area contributed by atoms with Crippen molar-refractivity contribution in [2.75, 3.05) is 0 Å². The van der Waals surface area contributed by atoms with Crippen LogP contribution >= 0.6 is 0 Å². The average molecular weight is 248 g/mol. The summed E-state index contributed by atoms with van der Waals surface area (Å²) in [7, 11) is 0. The highest BCUT2D eigenvalue weighted by atomic mass is 16.4. The summed E-state index contributed by atoms with van der Waals surface area (Å²) in [4.78, 5) is 11.7. The molecule has 0 heterocycles. The maximum Gasteiger partial charge on any atom is 0.310 e. The number of benzene rings is 1. The Kier molecular flexibility index (Phi) is 3.20. The third-order valence-corrected chi connectivity index (χ3v) is 4.11. The first-order valence-corrected chi connectivity index (χ1v) is 6.41. The van der Waals surface area contributed by atoms with Crippen molar-refractivity contribution in [2.45, 2.75) is 45.1 Å². The molecule has 1 atom stereocenters. The largest absolute Gasteiger partial charge is 0.481 e. The molecule has 0 radical (unpaired) electrons. The van der Waals surface area contributed by atoms with Gasteiger partial charge >= 0.3 is 5.97 Å². The first-order chi connectivity index (χ1) is 8.38. The van der Waals surface area contributed by atoms with Gasteiger partial charge < -0.3 is 10.2 Å². The molecule has 98 valence electrons. The number of rotatable bonds is 4. The fraction of sp³-hybridized carbons (Fsp3) is 0.533. The lowest BCUT2D eigenvalue weighted by molar-refractivity contribution is -0.152. The maximum atomic E-state index is 11.7. The SMILES string of the molecule is CCC(C)(O)CC1(C(=O)O)Cc2ccccc2C1. The van der Waals surface area contributed by atoms with Crippen LogP contribution in [0.3, 0.4) is 0 Å². The summed E-state index contributed by atoms with van der Waals surface area (Å²) in [6.07, 6.45) is 1.92. The Balaban J connectivity index is 2.31. The Bertz CT molecular complexity index is 438. The normalized spacial score (nSPS) is 20.2. The first-order valence-electron chi connectivity index (χ1n) is 6.41. The van der Waals surface area contributed by atoms with Gasteiger partial charge in [0.15, 0.2) is 0 Å². The molecular formula is C15H20O3. The molecule has 1 aromatic carbocycles. The topological polar surface area (TPSA) is 57.5 Å². The highest BCUT2D eigenvalue weighted by Crippen LogP contribution is 2.43. The number of aliphatic carboxylic acids is 1. The quantitative estimate of drug-likeness (QED) is 0.860. The molecule has 0 bridgehead atoms. The molecule has 0 aliphatic heterocycles. The minimum absolute atomic E-state index is 0.306. The van der Waals surface area contributed by atoms with Crippen molar-refractivity contribution >= 4 is 5.97 Å². The minimum atomic E-state index is -0.916. The van der Waals surface area contributed by atoms with E-state index in [1.807, 2.05) is 31.2 Å².